The number of fused-ring (bicyclic) bond motifs is 2. The predicted molar refractivity (Wildman–Crippen MR) is 98.2 cm³/mol. The Balaban J connectivity index is 1.51. The van der Waals surface area contributed by atoms with Gasteiger partial charge in [-0.15, -0.1) is 0 Å². The van der Waals surface area contributed by atoms with Crippen LogP contribution in [0.2, 0.25) is 0 Å². The zero-order valence-electron chi connectivity index (χ0n) is 14.1. The third-order valence-corrected chi connectivity index (χ3v) is 4.86. The first kappa shape index (κ1) is 14.8. The Hall–Kier alpha value is -3.54. The largest absolute Gasteiger partial charge is 0.289 e. The van der Waals surface area contributed by atoms with Gasteiger partial charge in [0.25, 0.3) is 0 Å². The molecule has 4 aromatic rings. The quantitative estimate of drug-likeness (QED) is 0.580. The van der Waals surface area contributed by atoms with Crippen molar-refractivity contribution in [2.24, 2.45) is 0 Å². The standard InChI is InChI=1S/C20H15N5O/c1-12-17(20(26)15-8-13-4-2-3-5-14(13)9-15)11-21-25(12)16-6-7-18-19(10-16)23-24-22-18/h2-8,10-11H,9H2,1H3,(H,22,23,24). The molecule has 2 heterocycles. The number of H-pyrrole nitrogens is 1. The Kier molecular flexibility index (Phi) is 3.12. The van der Waals surface area contributed by atoms with E-state index in [1.807, 2.05) is 49.4 Å². The topological polar surface area (TPSA) is 76.5 Å². The fraction of sp³-hybridized carbons (Fsp3) is 0.100. The van der Waals surface area contributed by atoms with Crippen LogP contribution in [-0.4, -0.2) is 31.0 Å². The molecule has 0 fully saturated rings. The molecule has 6 nitrogen and oxygen atoms in total. The van der Waals surface area contributed by atoms with Crippen molar-refractivity contribution in [1.29, 1.82) is 0 Å². The van der Waals surface area contributed by atoms with Crippen molar-refractivity contribution in [3.63, 3.8) is 0 Å². The van der Waals surface area contributed by atoms with Gasteiger partial charge in [-0.05, 0) is 42.3 Å². The van der Waals surface area contributed by atoms with Crippen LogP contribution in [-0.2, 0) is 6.42 Å². The summed E-state index contributed by atoms with van der Waals surface area (Å²) in [6, 6.07) is 13.8. The molecule has 1 aliphatic carbocycles. The van der Waals surface area contributed by atoms with Gasteiger partial charge in [-0.3, -0.25) is 4.79 Å². The number of allylic oxidation sites excluding steroid dienone is 1. The molecule has 6 heteroatoms. The van der Waals surface area contributed by atoms with E-state index in [-0.39, 0.29) is 5.78 Å². The van der Waals surface area contributed by atoms with E-state index >= 15 is 0 Å². The minimum Gasteiger partial charge on any atom is -0.289 e. The van der Waals surface area contributed by atoms with Gasteiger partial charge in [-0.1, -0.05) is 24.3 Å². The number of hydrogen-bond donors (Lipinski definition) is 1. The van der Waals surface area contributed by atoms with E-state index in [1.165, 1.54) is 5.56 Å². The van der Waals surface area contributed by atoms with Crippen LogP contribution in [0.1, 0.15) is 27.2 Å². The van der Waals surface area contributed by atoms with Gasteiger partial charge >= 0.3 is 0 Å². The molecule has 5 rings (SSSR count). The number of aromatic nitrogens is 5. The van der Waals surface area contributed by atoms with Gasteiger partial charge in [-0.2, -0.15) is 20.5 Å². The average Bonchev–Trinajstić information content (AvgIpc) is 3.38. The lowest BCUT2D eigenvalue weighted by molar-refractivity contribution is 0.103. The Morgan fingerprint density at radius 1 is 1.12 bits per heavy atom. The molecule has 2 aromatic heterocycles. The van der Waals surface area contributed by atoms with E-state index in [9.17, 15) is 4.79 Å². The highest BCUT2D eigenvalue weighted by Crippen LogP contribution is 2.28. The fourth-order valence-electron chi connectivity index (χ4n) is 3.45. The molecular weight excluding hydrogens is 326 g/mol. The van der Waals surface area contributed by atoms with Gasteiger partial charge in [0.1, 0.15) is 11.0 Å². The van der Waals surface area contributed by atoms with Gasteiger partial charge in [0.2, 0.25) is 0 Å². The van der Waals surface area contributed by atoms with Gasteiger partial charge in [-0.25, -0.2) is 4.68 Å². The highest BCUT2D eigenvalue weighted by Gasteiger charge is 2.23. The number of Topliss-reactive ketones (excluding diaryl/α,β-unsaturated/α-hetero) is 1. The highest BCUT2D eigenvalue weighted by atomic mass is 16.1. The molecule has 0 amide bonds. The van der Waals surface area contributed by atoms with Crippen molar-refractivity contribution >= 4 is 22.9 Å². The molecule has 2 aromatic carbocycles. The van der Waals surface area contributed by atoms with Gasteiger partial charge < -0.3 is 0 Å². The van der Waals surface area contributed by atoms with Crippen LogP contribution in [0.25, 0.3) is 22.8 Å². The second-order valence-electron chi connectivity index (χ2n) is 6.43. The van der Waals surface area contributed by atoms with Crippen molar-refractivity contribution in [2.45, 2.75) is 13.3 Å². The molecule has 0 radical (unpaired) electrons. The molecule has 0 spiro atoms. The normalized spacial score (nSPS) is 13.0. The lowest BCUT2D eigenvalue weighted by atomic mass is 10.0. The van der Waals surface area contributed by atoms with Crippen LogP contribution < -0.4 is 0 Å². The number of nitrogens with zero attached hydrogens (tertiary/aromatic N) is 4. The number of benzene rings is 2. The summed E-state index contributed by atoms with van der Waals surface area (Å²) in [4.78, 5) is 13.0. The summed E-state index contributed by atoms with van der Waals surface area (Å²) < 4.78 is 1.77. The van der Waals surface area contributed by atoms with Crippen LogP contribution in [0.4, 0.5) is 0 Å². The maximum absolute atomic E-state index is 13.0. The first-order chi connectivity index (χ1) is 12.7. The lowest BCUT2D eigenvalue weighted by Crippen LogP contribution is -2.06. The molecule has 0 unspecified atom stereocenters. The van der Waals surface area contributed by atoms with Crippen LogP contribution in [0, 0.1) is 6.92 Å². The van der Waals surface area contributed by atoms with Gasteiger partial charge in [0.05, 0.1) is 23.1 Å². The van der Waals surface area contributed by atoms with Crippen molar-refractivity contribution in [2.75, 3.05) is 0 Å². The number of rotatable bonds is 3. The van der Waals surface area contributed by atoms with Crippen molar-refractivity contribution in [3.8, 4) is 5.69 Å². The average molecular weight is 341 g/mol. The molecule has 0 saturated heterocycles. The monoisotopic (exact) mass is 341 g/mol. The summed E-state index contributed by atoms with van der Waals surface area (Å²) >= 11 is 0. The van der Waals surface area contributed by atoms with Crippen LogP contribution in [0.3, 0.4) is 0 Å². The van der Waals surface area contributed by atoms with Crippen molar-refractivity contribution in [1.82, 2.24) is 25.2 Å². The molecule has 126 valence electrons. The zero-order valence-corrected chi connectivity index (χ0v) is 14.1. The van der Waals surface area contributed by atoms with Crippen molar-refractivity contribution < 1.29 is 4.79 Å². The smallest absolute Gasteiger partial charge is 0.192 e. The van der Waals surface area contributed by atoms with E-state index in [0.29, 0.717) is 12.0 Å². The summed E-state index contributed by atoms with van der Waals surface area (Å²) in [6.45, 7) is 1.91. The number of carbonyl (C=O) groups excluding carboxylic acids is 1. The fourth-order valence-corrected chi connectivity index (χ4v) is 3.45. The lowest BCUT2D eigenvalue weighted by Gasteiger charge is -2.05. The molecule has 0 aliphatic heterocycles. The first-order valence-electron chi connectivity index (χ1n) is 8.39. The molecule has 1 aliphatic rings. The number of hydrogen-bond acceptors (Lipinski definition) is 4. The molecule has 1 N–H and O–H groups in total. The molecule has 0 saturated carbocycles. The minimum atomic E-state index is 0.0347. The number of nitrogens with one attached hydrogen (secondary N) is 1. The Morgan fingerprint density at radius 3 is 2.85 bits per heavy atom. The third kappa shape index (κ3) is 2.19. The van der Waals surface area contributed by atoms with Gasteiger partial charge in [0.15, 0.2) is 5.78 Å². The summed E-state index contributed by atoms with van der Waals surface area (Å²) in [5.41, 5.74) is 6.98. The van der Waals surface area contributed by atoms with E-state index in [4.69, 9.17) is 0 Å². The summed E-state index contributed by atoms with van der Waals surface area (Å²) in [5.74, 6) is 0.0347. The minimum absolute atomic E-state index is 0.0347. The first-order valence-corrected chi connectivity index (χ1v) is 8.39. The summed E-state index contributed by atoms with van der Waals surface area (Å²) in [6.07, 6.45) is 4.30. The Bertz CT molecular complexity index is 1200. The van der Waals surface area contributed by atoms with Crippen LogP contribution in [0.15, 0.2) is 54.2 Å². The van der Waals surface area contributed by atoms with Crippen LogP contribution in [0.5, 0.6) is 0 Å². The Labute approximate surface area is 149 Å². The number of carbonyl (C=O) groups is 1. The Morgan fingerprint density at radius 2 is 1.96 bits per heavy atom. The third-order valence-electron chi connectivity index (χ3n) is 4.86. The van der Waals surface area contributed by atoms with Crippen molar-refractivity contribution in [3.05, 3.63) is 76.6 Å². The second-order valence-corrected chi connectivity index (χ2v) is 6.43. The summed E-state index contributed by atoms with van der Waals surface area (Å²) in [7, 11) is 0. The predicted octanol–water partition coefficient (Wildman–Crippen LogP) is 3.27. The molecule has 26 heavy (non-hydrogen) atoms. The SMILES string of the molecule is Cc1c(C(=O)C2=Cc3ccccc3C2)cnn1-c1ccc2n[nH]nc2c1. The van der Waals surface area contributed by atoms with E-state index < -0.39 is 0 Å². The zero-order chi connectivity index (χ0) is 17.7. The number of ketones is 1. The highest BCUT2D eigenvalue weighted by molar-refractivity contribution is 6.13. The van der Waals surface area contributed by atoms with Crippen LogP contribution >= 0.6 is 0 Å². The molecule has 0 atom stereocenters. The summed E-state index contributed by atoms with van der Waals surface area (Å²) in [5, 5.41) is 15.2. The van der Waals surface area contributed by atoms with E-state index in [1.54, 1.807) is 10.9 Å². The molecular formula is C20H15N5O. The second kappa shape index (κ2) is 5.49. The maximum atomic E-state index is 13.0. The van der Waals surface area contributed by atoms with E-state index in [2.05, 4.69) is 26.6 Å². The van der Waals surface area contributed by atoms with E-state index in [0.717, 1.165) is 33.6 Å². The maximum Gasteiger partial charge on any atom is 0.192 e. The van der Waals surface area contributed by atoms with Gasteiger partial charge in [0, 0.05) is 12.0 Å². The number of aromatic amines is 1. The molecule has 0 bridgehead atoms.